The summed E-state index contributed by atoms with van der Waals surface area (Å²) in [6.07, 6.45) is 2.15. The van der Waals surface area contributed by atoms with E-state index in [1.165, 1.54) is 13.0 Å². The van der Waals surface area contributed by atoms with Gasteiger partial charge in [-0.2, -0.15) is 0 Å². The van der Waals surface area contributed by atoms with Crippen molar-refractivity contribution in [2.45, 2.75) is 6.92 Å². The van der Waals surface area contributed by atoms with Gasteiger partial charge in [-0.15, -0.1) is 0 Å². The summed E-state index contributed by atoms with van der Waals surface area (Å²) in [5, 5.41) is 23.6. The van der Waals surface area contributed by atoms with Gasteiger partial charge in [0.05, 0.1) is 11.9 Å². The second-order valence-electron chi connectivity index (χ2n) is 4.56. The number of carbonyl (C=O) groups excluding carboxylic acids is 2. The lowest BCUT2D eigenvalue weighted by Crippen LogP contribution is -2.26. The molecule has 0 saturated heterocycles. The molecular weight excluding hydrogens is 268 g/mol. The van der Waals surface area contributed by atoms with Crippen molar-refractivity contribution in [2.75, 3.05) is 0 Å². The fourth-order valence-electron chi connectivity index (χ4n) is 2.12. The van der Waals surface area contributed by atoms with Crippen molar-refractivity contribution in [1.29, 1.82) is 0 Å². The summed E-state index contributed by atoms with van der Waals surface area (Å²) in [4.78, 5) is 21.8. The maximum absolute atomic E-state index is 11.2. The van der Waals surface area contributed by atoms with Gasteiger partial charge < -0.3 is 19.8 Å². The molecule has 2 aromatic carbocycles. The molecule has 0 aromatic heterocycles. The van der Waals surface area contributed by atoms with Crippen molar-refractivity contribution in [3.63, 3.8) is 0 Å². The van der Waals surface area contributed by atoms with Crippen LogP contribution >= 0.6 is 0 Å². The Labute approximate surface area is 121 Å². The summed E-state index contributed by atoms with van der Waals surface area (Å²) in [6, 6.07) is 13.0. The maximum Gasteiger partial charge on any atom is 0.0718 e. The summed E-state index contributed by atoms with van der Waals surface area (Å²) in [7, 11) is 0. The first-order valence-corrected chi connectivity index (χ1v) is 6.29. The first-order chi connectivity index (χ1) is 9.99. The summed E-state index contributed by atoms with van der Waals surface area (Å²) in [5.41, 5.74) is 0.567. The minimum atomic E-state index is -1.45. The standard InChI is InChI=1S/C17H14O4/c1-11(9-16(18)19)15(17(20)21)10-13-7-4-6-12-5-2-3-8-14(12)13/h2-10H,1H3,(H,18,19)(H,20,21)/p-2/b11-9+,15-10+. The predicted molar refractivity (Wildman–Crippen MR) is 75.7 cm³/mol. The molecule has 0 aliphatic rings. The number of fused-ring (bicyclic) bond motifs is 1. The fourth-order valence-corrected chi connectivity index (χ4v) is 2.12. The zero-order valence-electron chi connectivity index (χ0n) is 11.3. The van der Waals surface area contributed by atoms with Crippen LogP contribution in [0.3, 0.4) is 0 Å². The van der Waals surface area contributed by atoms with Crippen molar-refractivity contribution in [3.8, 4) is 0 Å². The number of hydrogen-bond acceptors (Lipinski definition) is 4. The van der Waals surface area contributed by atoms with Crippen LogP contribution in [0.4, 0.5) is 0 Å². The third-order valence-corrected chi connectivity index (χ3v) is 3.10. The van der Waals surface area contributed by atoms with Crippen molar-refractivity contribution >= 4 is 28.8 Å². The molecule has 4 heteroatoms. The highest BCUT2D eigenvalue weighted by Crippen LogP contribution is 2.22. The normalized spacial score (nSPS) is 12.4. The van der Waals surface area contributed by atoms with Gasteiger partial charge in [0.1, 0.15) is 0 Å². The first kappa shape index (κ1) is 14.5. The van der Waals surface area contributed by atoms with Crippen molar-refractivity contribution < 1.29 is 19.8 Å². The molecule has 0 saturated carbocycles. The zero-order valence-corrected chi connectivity index (χ0v) is 11.3. The number of hydrogen-bond donors (Lipinski definition) is 0. The first-order valence-electron chi connectivity index (χ1n) is 6.29. The van der Waals surface area contributed by atoms with E-state index in [-0.39, 0.29) is 11.1 Å². The van der Waals surface area contributed by atoms with E-state index in [9.17, 15) is 19.8 Å². The summed E-state index contributed by atoms with van der Waals surface area (Å²) < 4.78 is 0. The third kappa shape index (κ3) is 3.36. The SMILES string of the molecule is CC(=C\C(=O)[O-])/C(=C\c1cccc2ccccc12)C(=O)[O-]. The van der Waals surface area contributed by atoms with Crippen molar-refractivity contribution in [2.24, 2.45) is 0 Å². The number of benzene rings is 2. The average molecular weight is 280 g/mol. The van der Waals surface area contributed by atoms with Crippen molar-refractivity contribution in [3.05, 3.63) is 65.3 Å². The van der Waals surface area contributed by atoms with E-state index in [1.54, 1.807) is 12.1 Å². The molecule has 0 bridgehead atoms. The molecule has 0 unspecified atom stereocenters. The lowest BCUT2D eigenvalue weighted by Gasteiger charge is -2.11. The molecule has 0 atom stereocenters. The smallest absolute Gasteiger partial charge is 0.0718 e. The third-order valence-electron chi connectivity index (χ3n) is 3.10. The van der Waals surface area contributed by atoms with Crippen LogP contribution in [0.25, 0.3) is 16.8 Å². The molecule has 4 nitrogen and oxygen atoms in total. The Balaban J connectivity index is 2.61. The number of carboxylic acid groups (broad SMARTS) is 2. The monoisotopic (exact) mass is 280 g/mol. The molecule has 0 amide bonds. The highest BCUT2D eigenvalue weighted by molar-refractivity contribution is 6.01. The Morgan fingerprint density at radius 3 is 2.33 bits per heavy atom. The molecule has 0 aliphatic carbocycles. The Bertz CT molecular complexity index is 764. The maximum atomic E-state index is 11.2. The minimum absolute atomic E-state index is 0.0722. The van der Waals surface area contributed by atoms with Gasteiger partial charge in [0, 0.05) is 5.57 Å². The Morgan fingerprint density at radius 2 is 1.67 bits per heavy atom. The Morgan fingerprint density at radius 1 is 1.00 bits per heavy atom. The number of rotatable bonds is 4. The number of carboxylic acids is 2. The molecule has 106 valence electrons. The largest absolute Gasteiger partial charge is 0.545 e. The van der Waals surface area contributed by atoms with Gasteiger partial charge in [-0.25, -0.2) is 0 Å². The van der Waals surface area contributed by atoms with Crippen LogP contribution in [-0.2, 0) is 9.59 Å². The van der Waals surface area contributed by atoms with E-state index in [0.29, 0.717) is 5.56 Å². The van der Waals surface area contributed by atoms with E-state index in [4.69, 9.17) is 0 Å². The van der Waals surface area contributed by atoms with Gasteiger partial charge in [-0.1, -0.05) is 42.5 Å². The lowest BCUT2D eigenvalue weighted by atomic mass is 9.99. The van der Waals surface area contributed by atoms with Gasteiger partial charge in [0.15, 0.2) is 0 Å². The minimum Gasteiger partial charge on any atom is -0.545 e. The summed E-state index contributed by atoms with van der Waals surface area (Å²) in [6.45, 7) is 1.39. The molecule has 0 radical (unpaired) electrons. The second-order valence-corrected chi connectivity index (χ2v) is 4.56. The topological polar surface area (TPSA) is 80.3 Å². The van der Waals surface area contributed by atoms with Gasteiger partial charge in [-0.3, -0.25) is 0 Å². The van der Waals surface area contributed by atoms with Crippen LogP contribution < -0.4 is 10.2 Å². The predicted octanol–water partition coefficient (Wildman–Crippen LogP) is 0.669. The Hall–Kier alpha value is -2.88. The summed E-state index contributed by atoms with van der Waals surface area (Å²) >= 11 is 0. The molecular formula is C17H12O4-2. The van der Waals surface area contributed by atoms with Gasteiger partial charge in [0.2, 0.25) is 0 Å². The van der Waals surface area contributed by atoms with Crippen LogP contribution in [0.1, 0.15) is 12.5 Å². The van der Waals surface area contributed by atoms with Crippen molar-refractivity contribution in [1.82, 2.24) is 0 Å². The lowest BCUT2D eigenvalue weighted by molar-refractivity contribution is -0.298. The molecule has 0 spiro atoms. The molecule has 21 heavy (non-hydrogen) atoms. The van der Waals surface area contributed by atoms with E-state index in [0.717, 1.165) is 16.8 Å². The van der Waals surface area contributed by atoms with Gasteiger partial charge in [0.25, 0.3) is 0 Å². The average Bonchev–Trinajstić information content (AvgIpc) is 2.43. The van der Waals surface area contributed by atoms with E-state index < -0.39 is 11.9 Å². The quantitative estimate of drug-likeness (QED) is 0.609. The highest BCUT2D eigenvalue weighted by atomic mass is 16.4. The number of carbonyl (C=O) groups is 2. The van der Waals surface area contributed by atoms with Crippen LogP contribution in [0.2, 0.25) is 0 Å². The second kappa shape index (κ2) is 6.05. The van der Waals surface area contributed by atoms with E-state index >= 15 is 0 Å². The molecule has 2 rings (SSSR count). The van der Waals surface area contributed by atoms with E-state index in [2.05, 4.69) is 0 Å². The van der Waals surface area contributed by atoms with Crippen LogP contribution in [0.15, 0.2) is 59.7 Å². The molecule has 2 aromatic rings. The highest BCUT2D eigenvalue weighted by Gasteiger charge is 2.04. The molecule has 0 N–H and O–H groups in total. The fraction of sp³-hybridized carbons (Fsp3) is 0.0588. The van der Waals surface area contributed by atoms with Crippen LogP contribution in [-0.4, -0.2) is 11.9 Å². The zero-order chi connectivity index (χ0) is 15.4. The summed E-state index contributed by atoms with van der Waals surface area (Å²) in [5.74, 6) is -2.88. The van der Waals surface area contributed by atoms with Crippen LogP contribution in [0, 0.1) is 0 Å². The van der Waals surface area contributed by atoms with Crippen LogP contribution in [0.5, 0.6) is 0 Å². The Kier molecular flexibility index (Phi) is 4.18. The van der Waals surface area contributed by atoms with Gasteiger partial charge in [-0.05, 0) is 41.0 Å². The molecule has 0 fully saturated rings. The molecule has 0 heterocycles. The van der Waals surface area contributed by atoms with Gasteiger partial charge >= 0.3 is 0 Å². The van der Waals surface area contributed by atoms with E-state index in [1.807, 2.05) is 30.3 Å². The number of aliphatic carboxylic acids is 2. The molecule has 0 aliphatic heterocycles.